The topological polar surface area (TPSA) is 15.3 Å². The average Bonchev–Trinajstić information content (AvgIpc) is 2.41. The fourth-order valence-electron chi connectivity index (χ4n) is 2.73. The van der Waals surface area contributed by atoms with Crippen LogP contribution in [-0.2, 0) is 6.42 Å². The van der Waals surface area contributed by atoms with E-state index in [0.29, 0.717) is 12.1 Å². The van der Waals surface area contributed by atoms with E-state index in [1.807, 2.05) is 12.1 Å². The van der Waals surface area contributed by atoms with Gasteiger partial charge in [-0.15, -0.1) is 0 Å². The first-order valence-corrected chi connectivity index (χ1v) is 7.37. The second-order valence-corrected chi connectivity index (χ2v) is 5.70. The molecule has 0 unspecified atom stereocenters. The van der Waals surface area contributed by atoms with Crippen molar-refractivity contribution in [2.24, 2.45) is 0 Å². The number of halogens is 1. The minimum absolute atomic E-state index is 0.0843. The molecule has 1 aliphatic heterocycles. The summed E-state index contributed by atoms with van der Waals surface area (Å²) < 4.78 is 13.5. The molecule has 0 amide bonds. The molecule has 1 aliphatic rings. The van der Waals surface area contributed by atoms with Crippen LogP contribution in [-0.4, -0.2) is 36.6 Å². The zero-order valence-corrected chi connectivity index (χ0v) is 12.0. The number of hydrogen-bond donors (Lipinski definition) is 1. The van der Waals surface area contributed by atoms with Gasteiger partial charge in [-0.1, -0.05) is 18.2 Å². The maximum absolute atomic E-state index is 13.5. The quantitative estimate of drug-likeness (QED) is 0.880. The van der Waals surface area contributed by atoms with E-state index in [9.17, 15) is 4.39 Å². The van der Waals surface area contributed by atoms with Gasteiger partial charge in [0.15, 0.2) is 0 Å². The highest BCUT2D eigenvalue weighted by atomic mass is 19.1. The summed E-state index contributed by atoms with van der Waals surface area (Å²) in [5.41, 5.74) is 0.814. The Kier molecular flexibility index (Phi) is 5.34. The lowest BCUT2D eigenvalue weighted by molar-refractivity contribution is 0.161. The Morgan fingerprint density at radius 2 is 1.95 bits per heavy atom. The number of benzene rings is 1. The number of rotatable bonds is 5. The molecule has 19 heavy (non-hydrogen) atoms. The zero-order chi connectivity index (χ0) is 13.7. The highest BCUT2D eigenvalue weighted by Crippen LogP contribution is 2.13. The number of piperidine rings is 1. The van der Waals surface area contributed by atoms with Gasteiger partial charge in [0.25, 0.3) is 0 Å². The second kappa shape index (κ2) is 7.01. The Labute approximate surface area is 116 Å². The summed E-state index contributed by atoms with van der Waals surface area (Å²) in [5.74, 6) is -0.0843. The molecule has 2 rings (SSSR count). The van der Waals surface area contributed by atoms with Crippen LogP contribution in [0.2, 0.25) is 0 Å². The fourth-order valence-corrected chi connectivity index (χ4v) is 2.73. The molecule has 2 nitrogen and oxygen atoms in total. The normalized spacial score (nSPS) is 18.1. The molecule has 0 spiro atoms. The number of nitrogens with one attached hydrogen (secondary N) is 1. The average molecular weight is 264 g/mol. The van der Waals surface area contributed by atoms with E-state index in [4.69, 9.17) is 0 Å². The summed E-state index contributed by atoms with van der Waals surface area (Å²) in [6, 6.07) is 8.31. The standard InChI is InChI=1S/C16H25FN2/c1-13(2)19-11-8-15(9-12-19)18-10-7-14-5-3-4-6-16(14)17/h3-6,13,15,18H,7-12H2,1-2H3. The van der Waals surface area contributed by atoms with E-state index in [1.54, 1.807) is 6.07 Å². The van der Waals surface area contributed by atoms with Gasteiger partial charge in [-0.05, 0) is 64.4 Å². The van der Waals surface area contributed by atoms with Gasteiger partial charge in [-0.2, -0.15) is 0 Å². The third-order valence-corrected chi connectivity index (χ3v) is 4.05. The third-order valence-electron chi connectivity index (χ3n) is 4.05. The molecule has 106 valence electrons. The Morgan fingerprint density at radius 3 is 2.58 bits per heavy atom. The second-order valence-electron chi connectivity index (χ2n) is 5.70. The van der Waals surface area contributed by atoms with Crippen LogP contribution in [0.15, 0.2) is 24.3 Å². The van der Waals surface area contributed by atoms with Crippen molar-refractivity contribution in [3.8, 4) is 0 Å². The molecule has 0 aliphatic carbocycles. The summed E-state index contributed by atoms with van der Waals surface area (Å²) in [7, 11) is 0. The van der Waals surface area contributed by atoms with Crippen molar-refractivity contribution >= 4 is 0 Å². The lowest BCUT2D eigenvalue weighted by atomic mass is 10.0. The molecule has 0 radical (unpaired) electrons. The van der Waals surface area contributed by atoms with E-state index < -0.39 is 0 Å². The lowest BCUT2D eigenvalue weighted by Crippen LogP contribution is -2.45. The minimum Gasteiger partial charge on any atom is -0.314 e. The van der Waals surface area contributed by atoms with Crippen LogP contribution in [0.3, 0.4) is 0 Å². The van der Waals surface area contributed by atoms with Gasteiger partial charge in [0, 0.05) is 12.1 Å². The van der Waals surface area contributed by atoms with E-state index in [1.165, 1.54) is 32.0 Å². The van der Waals surface area contributed by atoms with Gasteiger partial charge >= 0.3 is 0 Å². The van der Waals surface area contributed by atoms with Gasteiger partial charge < -0.3 is 10.2 Å². The van der Waals surface area contributed by atoms with E-state index >= 15 is 0 Å². The molecule has 1 fully saturated rings. The van der Waals surface area contributed by atoms with Crippen LogP contribution in [0.4, 0.5) is 4.39 Å². The molecular formula is C16H25FN2. The van der Waals surface area contributed by atoms with Crippen molar-refractivity contribution in [1.82, 2.24) is 10.2 Å². The minimum atomic E-state index is -0.0843. The van der Waals surface area contributed by atoms with E-state index in [0.717, 1.165) is 18.5 Å². The summed E-state index contributed by atoms with van der Waals surface area (Å²) in [5, 5.41) is 3.56. The van der Waals surface area contributed by atoms with Crippen molar-refractivity contribution in [2.45, 2.75) is 45.2 Å². The fraction of sp³-hybridized carbons (Fsp3) is 0.625. The van der Waals surface area contributed by atoms with Crippen LogP contribution in [0.25, 0.3) is 0 Å². The molecule has 1 saturated heterocycles. The lowest BCUT2D eigenvalue weighted by Gasteiger charge is -2.35. The molecule has 3 heteroatoms. The summed E-state index contributed by atoms with van der Waals surface area (Å²) in [4.78, 5) is 2.52. The summed E-state index contributed by atoms with van der Waals surface area (Å²) in [6.45, 7) is 7.73. The van der Waals surface area contributed by atoms with Gasteiger partial charge in [0.2, 0.25) is 0 Å². The van der Waals surface area contributed by atoms with Gasteiger partial charge in [0.05, 0.1) is 0 Å². The van der Waals surface area contributed by atoms with Crippen molar-refractivity contribution in [3.05, 3.63) is 35.6 Å². The Bertz CT molecular complexity index is 384. The van der Waals surface area contributed by atoms with Gasteiger partial charge in [-0.25, -0.2) is 4.39 Å². The third kappa shape index (κ3) is 4.29. The predicted octanol–water partition coefficient (Wildman–Crippen LogP) is 2.83. The Hall–Kier alpha value is -0.930. The Balaban J connectivity index is 1.69. The van der Waals surface area contributed by atoms with Crippen molar-refractivity contribution in [2.75, 3.05) is 19.6 Å². The molecule has 0 atom stereocenters. The molecule has 0 aromatic heterocycles. The first kappa shape index (κ1) is 14.5. The van der Waals surface area contributed by atoms with Gasteiger partial charge in [-0.3, -0.25) is 0 Å². The molecule has 0 saturated carbocycles. The molecular weight excluding hydrogens is 239 g/mol. The zero-order valence-electron chi connectivity index (χ0n) is 12.0. The monoisotopic (exact) mass is 264 g/mol. The highest BCUT2D eigenvalue weighted by Gasteiger charge is 2.20. The number of nitrogens with zero attached hydrogens (tertiary/aromatic N) is 1. The predicted molar refractivity (Wildman–Crippen MR) is 77.8 cm³/mol. The molecule has 1 N–H and O–H groups in total. The van der Waals surface area contributed by atoms with Crippen LogP contribution in [0, 0.1) is 5.82 Å². The molecule has 1 aromatic rings. The Morgan fingerprint density at radius 1 is 1.26 bits per heavy atom. The van der Waals surface area contributed by atoms with Crippen LogP contribution in [0.1, 0.15) is 32.3 Å². The first-order valence-electron chi connectivity index (χ1n) is 7.37. The SMILES string of the molecule is CC(C)N1CCC(NCCc2ccccc2F)CC1. The molecule has 1 aromatic carbocycles. The first-order chi connectivity index (χ1) is 9.16. The van der Waals surface area contributed by atoms with Crippen molar-refractivity contribution in [3.63, 3.8) is 0 Å². The summed E-state index contributed by atoms with van der Waals surface area (Å²) in [6.07, 6.45) is 3.18. The van der Waals surface area contributed by atoms with Crippen LogP contribution < -0.4 is 5.32 Å². The van der Waals surface area contributed by atoms with E-state index in [-0.39, 0.29) is 5.82 Å². The van der Waals surface area contributed by atoms with Crippen LogP contribution in [0.5, 0.6) is 0 Å². The highest BCUT2D eigenvalue weighted by molar-refractivity contribution is 5.17. The number of hydrogen-bond acceptors (Lipinski definition) is 2. The van der Waals surface area contributed by atoms with Crippen molar-refractivity contribution in [1.29, 1.82) is 0 Å². The van der Waals surface area contributed by atoms with Crippen molar-refractivity contribution < 1.29 is 4.39 Å². The molecule has 0 bridgehead atoms. The maximum Gasteiger partial charge on any atom is 0.126 e. The summed E-state index contributed by atoms with van der Waals surface area (Å²) >= 11 is 0. The smallest absolute Gasteiger partial charge is 0.126 e. The largest absolute Gasteiger partial charge is 0.314 e. The number of likely N-dealkylation sites (tertiary alicyclic amines) is 1. The van der Waals surface area contributed by atoms with Gasteiger partial charge in [0.1, 0.15) is 5.82 Å². The maximum atomic E-state index is 13.5. The molecule has 1 heterocycles. The van der Waals surface area contributed by atoms with E-state index in [2.05, 4.69) is 24.1 Å². The van der Waals surface area contributed by atoms with Crippen LogP contribution >= 0.6 is 0 Å².